The summed E-state index contributed by atoms with van der Waals surface area (Å²) in [5.74, 6) is -0.322. The molecule has 1 aromatic heterocycles. The number of aryl methyl sites for hydroxylation is 1. The van der Waals surface area contributed by atoms with E-state index in [0.29, 0.717) is 0 Å². The fraction of sp³-hybridized carbons (Fsp3) is 0.100. The second kappa shape index (κ2) is 4.50. The molecule has 0 bridgehead atoms. The van der Waals surface area contributed by atoms with E-state index in [1.54, 1.807) is 19.1 Å². The van der Waals surface area contributed by atoms with E-state index in [-0.39, 0.29) is 22.9 Å². The second-order valence-electron chi connectivity index (χ2n) is 3.34. The minimum Gasteiger partial charge on any atom is -0.368 e. The van der Waals surface area contributed by atoms with Gasteiger partial charge in [-0.1, -0.05) is 12.1 Å². The van der Waals surface area contributed by atoms with E-state index in [9.17, 15) is 4.39 Å². The molecular formula is C10H9ClFN5. The highest BCUT2D eigenvalue weighted by Crippen LogP contribution is 2.22. The number of nitrogen functional groups attached to an aromatic ring is 1. The Hall–Kier alpha value is -1.95. The summed E-state index contributed by atoms with van der Waals surface area (Å²) in [7, 11) is 0. The maximum Gasteiger partial charge on any atom is 0.233 e. The van der Waals surface area contributed by atoms with E-state index in [4.69, 9.17) is 17.3 Å². The van der Waals surface area contributed by atoms with E-state index >= 15 is 0 Å². The largest absolute Gasteiger partial charge is 0.368 e. The fourth-order valence-corrected chi connectivity index (χ4v) is 1.49. The summed E-state index contributed by atoms with van der Waals surface area (Å²) in [6.45, 7) is 1.76. The van der Waals surface area contributed by atoms with Crippen LogP contribution in [0.25, 0.3) is 0 Å². The van der Waals surface area contributed by atoms with Crippen LogP contribution in [0.2, 0.25) is 5.28 Å². The summed E-state index contributed by atoms with van der Waals surface area (Å²) in [5, 5.41) is 2.67. The Morgan fingerprint density at radius 2 is 2.06 bits per heavy atom. The van der Waals surface area contributed by atoms with Gasteiger partial charge in [0.1, 0.15) is 5.82 Å². The van der Waals surface area contributed by atoms with Crippen LogP contribution >= 0.6 is 11.6 Å². The molecule has 0 unspecified atom stereocenters. The number of nitrogens with one attached hydrogen (secondary N) is 1. The molecule has 2 aromatic rings. The lowest BCUT2D eigenvalue weighted by molar-refractivity contribution is 0.630. The molecule has 1 aromatic carbocycles. The Balaban J connectivity index is 2.38. The number of para-hydroxylation sites is 1. The van der Waals surface area contributed by atoms with Crippen molar-refractivity contribution in [2.75, 3.05) is 11.1 Å². The molecule has 0 radical (unpaired) electrons. The van der Waals surface area contributed by atoms with Crippen LogP contribution in [0.3, 0.4) is 0 Å². The zero-order chi connectivity index (χ0) is 12.4. The van der Waals surface area contributed by atoms with Crippen molar-refractivity contribution in [3.63, 3.8) is 0 Å². The van der Waals surface area contributed by atoms with Gasteiger partial charge in [0, 0.05) is 0 Å². The van der Waals surface area contributed by atoms with Gasteiger partial charge >= 0.3 is 0 Å². The number of aromatic nitrogens is 3. The number of anilines is 3. The normalized spacial score (nSPS) is 10.3. The molecule has 5 nitrogen and oxygen atoms in total. The van der Waals surface area contributed by atoms with Gasteiger partial charge in [-0.2, -0.15) is 15.0 Å². The molecule has 0 aliphatic rings. The molecule has 0 saturated carbocycles. The minimum atomic E-state index is -0.403. The molecule has 2 rings (SSSR count). The minimum absolute atomic E-state index is 0.0264. The van der Waals surface area contributed by atoms with Gasteiger partial charge in [-0.25, -0.2) is 4.39 Å². The maximum atomic E-state index is 13.5. The Morgan fingerprint density at radius 3 is 2.71 bits per heavy atom. The molecule has 88 valence electrons. The summed E-state index contributed by atoms with van der Waals surface area (Å²) in [4.78, 5) is 11.2. The van der Waals surface area contributed by atoms with Crippen LogP contribution in [-0.4, -0.2) is 15.0 Å². The molecule has 0 fully saturated rings. The SMILES string of the molecule is Cc1cccc(F)c1Nc1nc(N)nc(Cl)n1. The van der Waals surface area contributed by atoms with Crippen LogP contribution in [-0.2, 0) is 0 Å². The number of nitrogens with zero attached hydrogens (tertiary/aromatic N) is 3. The number of nitrogens with two attached hydrogens (primary N) is 1. The highest BCUT2D eigenvalue weighted by atomic mass is 35.5. The quantitative estimate of drug-likeness (QED) is 0.859. The molecule has 0 saturated heterocycles. The highest BCUT2D eigenvalue weighted by molar-refractivity contribution is 6.28. The maximum absolute atomic E-state index is 13.5. The van der Waals surface area contributed by atoms with Gasteiger partial charge in [0.25, 0.3) is 0 Å². The first-order valence-electron chi connectivity index (χ1n) is 4.75. The average Bonchev–Trinajstić information content (AvgIpc) is 2.22. The summed E-state index contributed by atoms with van der Waals surface area (Å²) in [6, 6.07) is 4.71. The zero-order valence-electron chi connectivity index (χ0n) is 8.91. The molecule has 0 aliphatic heterocycles. The number of hydrogen-bond acceptors (Lipinski definition) is 5. The molecular weight excluding hydrogens is 245 g/mol. The van der Waals surface area contributed by atoms with Crippen LogP contribution in [0.1, 0.15) is 5.56 Å². The van der Waals surface area contributed by atoms with Crippen LogP contribution < -0.4 is 11.1 Å². The Bertz CT molecular complexity index is 520. The van der Waals surface area contributed by atoms with Gasteiger partial charge in [0.05, 0.1) is 5.69 Å². The number of rotatable bonds is 2. The van der Waals surface area contributed by atoms with Crippen LogP contribution in [0.5, 0.6) is 0 Å². The van der Waals surface area contributed by atoms with Crippen molar-refractivity contribution in [1.29, 1.82) is 0 Å². The lowest BCUT2D eigenvalue weighted by Gasteiger charge is -2.09. The predicted octanol–water partition coefficient (Wildman–Crippen LogP) is 2.30. The van der Waals surface area contributed by atoms with E-state index < -0.39 is 5.82 Å². The monoisotopic (exact) mass is 253 g/mol. The Labute approximate surface area is 102 Å². The summed E-state index contributed by atoms with van der Waals surface area (Å²) in [5.41, 5.74) is 6.42. The lowest BCUT2D eigenvalue weighted by atomic mass is 10.2. The van der Waals surface area contributed by atoms with Gasteiger partial charge < -0.3 is 11.1 Å². The molecule has 0 spiro atoms. The molecule has 7 heteroatoms. The predicted molar refractivity (Wildman–Crippen MR) is 63.7 cm³/mol. The third-order valence-electron chi connectivity index (χ3n) is 2.08. The zero-order valence-corrected chi connectivity index (χ0v) is 9.66. The molecule has 0 amide bonds. The van der Waals surface area contributed by atoms with Crippen molar-refractivity contribution in [3.8, 4) is 0 Å². The average molecular weight is 254 g/mol. The van der Waals surface area contributed by atoms with Crippen LogP contribution in [0.4, 0.5) is 22.0 Å². The van der Waals surface area contributed by atoms with E-state index in [0.717, 1.165) is 5.56 Å². The lowest BCUT2D eigenvalue weighted by Crippen LogP contribution is -2.05. The molecule has 1 heterocycles. The van der Waals surface area contributed by atoms with E-state index in [1.165, 1.54) is 6.07 Å². The second-order valence-corrected chi connectivity index (χ2v) is 3.68. The van der Waals surface area contributed by atoms with Crippen LogP contribution in [0.15, 0.2) is 18.2 Å². The highest BCUT2D eigenvalue weighted by Gasteiger charge is 2.08. The molecule has 3 N–H and O–H groups in total. The molecule has 0 aliphatic carbocycles. The fourth-order valence-electron chi connectivity index (χ4n) is 1.32. The third kappa shape index (κ3) is 2.59. The van der Waals surface area contributed by atoms with Crippen LogP contribution in [0, 0.1) is 12.7 Å². The van der Waals surface area contributed by atoms with Gasteiger partial charge in [0.15, 0.2) is 0 Å². The van der Waals surface area contributed by atoms with E-state index in [1.807, 2.05) is 0 Å². The molecule has 0 atom stereocenters. The number of hydrogen-bond donors (Lipinski definition) is 2. The number of halogens is 2. The van der Waals surface area contributed by atoms with Crippen molar-refractivity contribution in [3.05, 3.63) is 34.9 Å². The Morgan fingerprint density at radius 1 is 1.29 bits per heavy atom. The van der Waals surface area contributed by atoms with Crippen molar-refractivity contribution >= 4 is 29.2 Å². The third-order valence-corrected chi connectivity index (χ3v) is 2.25. The standard InChI is InChI=1S/C10H9ClFN5/c1-5-3-2-4-6(12)7(5)14-10-16-8(11)15-9(13)17-10/h2-4H,1H3,(H3,13,14,15,16,17). The topological polar surface area (TPSA) is 76.7 Å². The number of benzene rings is 1. The molecule has 17 heavy (non-hydrogen) atoms. The summed E-state index contributed by atoms with van der Waals surface area (Å²) < 4.78 is 13.5. The van der Waals surface area contributed by atoms with Crippen molar-refractivity contribution in [1.82, 2.24) is 15.0 Å². The van der Waals surface area contributed by atoms with Gasteiger partial charge in [-0.3, -0.25) is 0 Å². The van der Waals surface area contributed by atoms with Gasteiger partial charge in [0.2, 0.25) is 17.2 Å². The first-order valence-corrected chi connectivity index (χ1v) is 5.13. The van der Waals surface area contributed by atoms with E-state index in [2.05, 4.69) is 20.3 Å². The smallest absolute Gasteiger partial charge is 0.233 e. The van der Waals surface area contributed by atoms with Gasteiger partial charge in [-0.05, 0) is 30.2 Å². The first kappa shape index (κ1) is 11.5. The van der Waals surface area contributed by atoms with Crippen molar-refractivity contribution < 1.29 is 4.39 Å². The summed E-state index contributed by atoms with van der Waals surface area (Å²) in [6.07, 6.45) is 0. The Kier molecular flexibility index (Phi) is 3.06. The summed E-state index contributed by atoms with van der Waals surface area (Å²) >= 11 is 5.62. The van der Waals surface area contributed by atoms with Crippen molar-refractivity contribution in [2.24, 2.45) is 0 Å². The first-order chi connectivity index (χ1) is 8.06. The van der Waals surface area contributed by atoms with Gasteiger partial charge in [-0.15, -0.1) is 0 Å². The van der Waals surface area contributed by atoms with Crippen molar-refractivity contribution in [2.45, 2.75) is 6.92 Å².